The summed E-state index contributed by atoms with van der Waals surface area (Å²) in [6, 6.07) is 3.91. The Morgan fingerprint density at radius 3 is 2.31 bits per heavy atom. The van der Waals surface area contributed by atoms with Gasteiger partial charge in [0.25, 0.3) is 0 Å². The number of fused-ring (bicyclic) bond motifs is 2. The van der Waals surface area contributed by atoms with Gasteiger partial charge in [-0.25, -0.2) is 0 Å². The smallest absolute Gasteiger partial charge is 0.0934 e. The van der Waals surface area contributed by atoms with Crippen LogP contribution in [0.5, 0.6) is 0 Å². The molecular weight excluding hydrogens is 446 g/mol. The molecule has 2 saturated heterocycles. The van der Waals surface area contributed by atoms with Crippen molar-refractivity contribution in [3.8, 4) is 0 Å². The van der Waals surface area contributed by atoms with Crippen LogP contribution in [-0.4, -0.2) is 62.0 Å². The molecule has 1 saturated carbocycles. The normalized spacial score (nSPS) is 23.0. The van der Waals surface area contributed by atoms with Crippen LogP contribution in [0.1, 0.15) is 50.7 Å². The van der Waals surface area contributed by atoms with Crippen molar-refractivity contribution < 1.29 is 4.74 Å². The molecule has 0 spiro atoms. The van der Waals surface area contributed by atoms with Crippen LogP contribution in [-0.2, 0) is 11.8 Å². The van der Waals surface area contributed by atoms with Crippen molar-refractivity contribution in [1.29, 1.82) is 0 Å². The maximum absolute atomic E-state index is 6.45. The molecule has 192 valence electrons. The van der Waals surface area contributed by atoms with E-state index in [1.807, 2.05) is 32.3 Å². The Bertz CT molecular complexity index is 1070. The van der Waals surface area contributed by atoms with Crippen LogP contribution in [0.15, 0.2) is 36.3 Å². The fourth-order valence-electron chi connectivity index (χ4n) is 5.91. The molecule has 2 aliphatic heterocycles. The van der Waals surface area contributed by atoms with Gasteiger partial charge in [-0.15, -0.1) is 0 Å². The van der Waals surface area contributed by atoms with Crippen LogP contribution in [0, 0.1) is 24.7 Å². The highest BCUT2D eigenvalue weighted by molar-refractivity contribution is 6.40. The third kappa shape index (κ3) is 6.12. The lowest BCUT2D eigenvalue weighted by atomic mass is 9.52. The average Bonchev–Trinajstić information content (AvgIpc) is 3.53. The van der Waals surface area contributed by atoms with E-state index in [-0.39, 0.29) is 13.2 Å². The van der Waals surface area contributed by atoms with E-state index in [0.29, 0.717) is 11.6 Å². The molecule has 4 radical (unpaired) electrons. The van der Waals surface area contributed by atoms with Crippen molar-refractivity contribution in [2.75, 3.05) is 26.3 Å². The van der Waals surface area contributed by atoms with E-state index in [4.69, 9.17) is 37.6 Å². The van der Waals surface area contributed by atoms with Gasteiger partial charge in [-0.05, 0) is 74.1 Å². The van der Waals surface area contributed by atoms with Crippen molar-refractivity contribution in [2.24, 2.45) is 42.0 Å². The van der Waals surface area contributed by atoms with E-state index < -0.39 is 5.34 Å². The molecule has 9 heteroatoms. The summed E-state index contributed by atoms with van der Waals surface area (Å²) in [5, 5.41) is 4.84. The number of ether oxygens (including phenoxy) is 1. The van der Waals surface area contributed by atoms with Gasteiger partial charge in [-0.2, -0.15) is 5.10 Å². The standard InChI is InChI=1S/C13H21B2NO.C13H17N5.CH4/c14-13(15,12-4-6-17-7-5-12)16-8-10-2-1-3-11(10)9-16;1-8-9(11(14)4-6-13(15)16)3-5-12-10(8)7-18(2)17-12;/h10-12H,1-9H2;3-7H,14-16H2,1-2H3;1H4/b;11-4-;. The molecule has 2 atom stereocenters. The molecule has 3 fully saturated rings. The molecule has 6 N–H and O–H groups in total. The second-order valence-electron chi connectivity index (χ2n) is 10.4. The fraction of sp³-hybridized carbons (Fsp3) is 0.593. The number of hydrogen-bond donors (Lipinski definition) is 3. The summed E-state index contributed by atoms with van der Waals surface area (Å²) < 4.78 is 7.19. The zero-order valence-corrected chi connectivity index (χ0v) is 21.1. The minimum atomic E-state index is -0.603. The molecule has 0 bridgehead atoms. The summed E-state index contributed by atoms with van der Waals surface area (Å²) >= 11 is 0. The summed E-state index contributed by atoms with van der Waals surface area (Å²) in [5.74, 6) is 2.36. The highest BCUT2D eigenvalue weighted by Gasteiger charge is 2.43. The molecule has 3 heterocycles. The molecule has 1 aliphatic carbocycles. The van der Waals surface area contributed by atoms with Crippen LogP contribution >= 0.6 is 0 Å². The van der Waals surface area contributed by atoms with E-state index in [9.17, 15) is 0 Å². The van der Waals surface area contributed by atoms with Gasteiger partial charge in [0.05, 0.1) is 27.0 Å². The second kappa shape index (κ2) is 11.8. The lowest BCUT2D eigenvalue weighted by molar-refractivity contribution is 0.0375. The van der Waals surface area contributed by atoms with Gasteiger partial charge in [0.2, 0.25) is 0 Å². The van der Waals surface area contributed by atoms with Crippen LogP contribution in [0.2, 0.25) is 0 Å². The van der Waals surface area contributed by atoms with Gasteiger partial charge in [-0.1, -0.05) is 25.3 Å². The molecule has 1 aromatic carbocycles. The maximum atomic E-state index is 6.45. The molecule has 1 aromatic heterocycles. The monoisotopic (exact) mass is 488 g/mol. The number of likely N-dealkylation sites (tertiary alicyclic amines) is 1. The number of allylic oxidation sites excluding steroid dienone is 2. The first-order valence-electron chi connectivity index (χ1n) is 12.7. The first-order valence-corrected chi connectivity index (χ1v) is 12.7. The third-order valence-electron chi connectivity index (χ3n) is 7.99. The fourth-order valence-corrected chi connectivity index (χ4v) is 5.91. The number of nitrogens with zero attached hydrogens (tertiary/aromatic N) is 3. The van der Waals surface area contributed by atoms with Gasteiger partial charge in [0.1, 0.15) is 0 Å². The molecule has 5 rings (SSSR count). The predicted octanol–water partition coefficient (Wildman–Crippen LogP) is 2.71. The lowest BCUT2D eigenvalue weighted by Crippen LogP contribution is -2.55. The van der Waals surface area contributed by atoms with E-state index in [2.05, 4.69) is 10.00 Å². The summed E-state index contributed by atoms with van der Waals surface area (Å²) in [7, 11) is 14.8. The number of nitrogens with two attached hydrogens (primary N) is 3. The Morgan fingerprint density at radius 2 is 1.69 bits per heavy atom. The zero-order valence-electron chi connectivity index (χ0n) is 21.1. The topological polar surface area (TPSA) is 108 Å². The minimum absolute atomic E-state index is 0. The number of aryl methyl sites for hydroxylation is 2. The quantitative estimate of drug-likeness (QED) is 0.451. The van der Waals surface area contributed by atoms with Gasteiger partial charge in [0, 0.05) is 56.2 Å². The summed E-state index contributed by atoms with van der Waals surface area (Å²) in [6.07, 6.45) is 11.5. The maximum Gasteiger partial charge on any atom is 0.0934 e. The lowest BCUT2D eigenvalue weighted by Gasteiger charge is -2.45. The molecule has 2 unspecified atom stereocenters. The second-order valence-corrected chi connectivity index (χ2v) is 10.4. The van der Waals surface area contributed by atoms with Crippen LogP contribution in [0.3, 0.4) is 0 Å². The van der Waals surface area contributed by atoms with Crippen LogP contribution in [0.4, 0.5) is 0 Å². The van der Waals surface area contributed by atoms with Crippen molar-refractivity contribution in [1.82, 2.24) is 14.7 Å². The number of benzene rings is 1. The molecular formula is C27H42B2N6O. The molecule has 0 amide bonds. The number of hydrogen-bond acceptors (Lipinski definition) is 6. The molecule has 3 aliphatic rings. The predicted molar refractivity (Wildman–Crippen MR) is 151 cm³/mol. The van der Waals surface area contributed by atoms with E-state index in [0.717, 1.165) is 73.0 Å². The number of aromatic nitrogens is 2. The Labute approximate surface area is 219 Å². The van der Waals surface area contributed by atoms with Gasteiger partial charge < -0.3 is 26.8 Å². The van der Waals surface area contributed by atoms with Crippen molar-refractivity contribution >= 4 is 32.3 Å². The van der Waals surface area contributed by atoms with E-state index >= 15 is 0 Å². The first kappa shape index (κ1) is 28.2. The largest absolute Gasteiger partial charge is 0.398 e. The third-order valence-corrected chi connectivity index (χ3v) is 7.99. The SMILES string of the molecule is C.Cc1c(/C(N)=C/C=C(N)N)ccc2nn(C)cc12.[B]C([B])(C1CCOCC1)N1CC2CCCC2C1. The highest BCUT2D eigenvalue weighted by atomic mass is 16.5. The Balaban J connectivity index is 0.000000195. The molecule has 2 aromatic rings. The van der Waals surface area contributed by atoms with Crippen LogP contribution < -0.4 is 17.2 Å². The van der Waals surface area contributed by atoms with E-state index in [1.165, 1.54) is 19.3 Å². The first-order chi connectivity index (χ1) is 16.7. The van der Waals surface area contributed by atoms with Crippen molar-refractivity contribution in [3.05, 3.63) is 47.4 Å². The summed E-state index contributed by atoms with van der Waals surface area (Å²) in [4.78, 5) is 2.36. The average molecular weight is 488 g/mol. The van der Waals surface area contributed by atoms with Crippen LogP contribution in [0.25, 0.3) is 16.6 Å². The van der Waals surface area contributed by atoms with Crippen molar-refractivity contribution in [2.45, 2.75) is 51.8 Å². The van der Waals surface area contributed by atoms with Gasteiger partial charge in [0.15, 0.2) is 0 Å². The minimum Gasteiger partial charge on any atom is -0.398 e. The number of rotatable bonds is 4. The summed E-state index contributed by atoms with van der Waals surface area (Å²) in [5.41, 5.74) is 20.4. The zero-order chi connectivity index (χ0) is 25.2. The van der Waals surface area contributed by atoms with Gasteiger partial charge in [-0.3, -0.25) is 4.68 Å². The van der Waals surface area contributed by atoms with Gasteiger partial charge >= 0.3 is 0 Å². The molecule has 7 nitrogen and oxygen atoms in total. The summed E-state index contributed by atoms with van der Waals surface area (Å²) in [6.45, 7) is 5.91. The Hall–Kier alpha value is -2.38. The Morgan fingerprint density at radius 1 is 1.06 bits per heavy atom. The molecule has 36 heavy (non-hydrogen) atoms. The Kier molecular flexibility index (Phi) is 9.23. The van der Waals surface area contributed by atoms with Crippen molar-refractivity contribution in [3.63, 3.8) is 0 Å². The highest BCUT2D eigenvalue weighted by Crippen LogP contribution is 2.41. The van der Waals surface area contributed by atoms with E-state index in [1.54, 1.807) is 16.8 Å².